The molecule has 148 valence electrons. The third kappa shape index (κ3) is 3.28. The zero-order chi connectivity index (χ0) is 20.3. The molecule has 0 atom stereocenters. The lowest BCUT2D eigenvalue weighted by Gasteiger charge is -2.45. The van der Waals surface area contributed by atoms with Gasteiger partial charge in [-0.05, 0) is 20.7 Å². The summed E-state index contributed by atoms with van der Waals surface area (Å²) in [5, 5.41) is 5.06. The van der Waals surface area contributed by atoms with Crippen LogP contribution in [0.2, 0.25) is 0 Å². The van der Waals surface area contributed by atoms with Crippen LogP contribution in [0.5, 0.6) is 0 Å². The number of hydrogen-bond acceptors (Lipinski definition) is 2. The highest BCUT2D eigenvalue weighted by Crippen LogP contribution is 2.21. The first-order valence-electron chi connectivity index (χ1n) is 10.3. The number of benzene rings is 4. The van der Waals surface area contributed by atoms with Gasteiger partial charge in [0.05, 0.1) is 12.5 Å². The Balaban J connectivity index is 1.61. The van der Waals surface area contributed by atoms with E-state index in [9.17, 15) is 0 Å². The monoisotopic (exact) mass is 424 g/mol. The van der Waals surface area contributed by atoms with E-state index in [-0.39, 0.29) is 0 Å². The summed E-state index contributed by atoms with van der Waals surface area (Å²) in [6, 6.07) is 42.6. The summed E-state index contributed by atoms with van der Waals surface area (Å²) in [6.45, 7) is 0. The Labute approximate surface area is 180 Å². The highest BCUT2D eigenvalue weighted by atomic mass is 28.4. The zero-order valence-electron chi connectivity index (χ0n) is 16.8. The predicted octanol–water partition coefficient (Wildman–Crippen LogP) is 2.63. The van der Waals surface area contributed by atoms with Gasteiger partial charge in [-0.1, -0.05) is 121 Å². The van der Waals surface area contributed by atoms with E-state index in [0.29, 0.717) is 12.5 Å². The average molecular weight is 425 g/mol. The van der Waals surface area contributed by atoms with Gasteiger partial charge in [0.15, 0.2) is 0 Å². The summed E-state index contributed by atoms with van der Waals surface area (Å²) in [4.78, 5) is 0. The molecule has 0 radical (unpaired) electrons. The van der Waals surface area contributed by atoms with Crippen LogP contribution in [-0.2, 0) is 8.85 Å². The molecule has 0 aliphatic carbocycles. The van der Waals surface area contributed by atoms with Crippen molar-refractivity contribution in [2.75, 3.05) is 12.5 Å². The maximum Gasteiger partial charge on any atom is 0.279 e. The average Bonchev–Trinajstić information content (AvgIpc) is 2.86. The molecule has 30 heavy (non-hydrogen) atoms. The maximum absolute atomic E-state index is 7.04. The van der Waals surface area contributed by atoms with Crippen LogP contribution in [0.4, 0.5) is 0 Å². The third-order valence-electron chi connectivity index (χ3n) is 6.00. The Morgan fingerprint density at radius 3 is 0.800 bits per heavy atom. The van der Waals surface area contributed by atoms with Crippen LogP contribution in [-0.4, -0.2) is 29.1 Å². The fourth-order valence-corrected chi connectivity index (χ4v) is 13.1. The van der Waals surface area contributed by atoms with Gasteiger partial charge in [-0.3, -0.25) is 0 Å². The lowest BCUT2D eigenvalue weighted by molar-refractivity contribution is 0.251. The highest BCUT2D eigenvalue weighted by molar-refractivity contribution is 7.03. The molecular formula is C26H24O2Si2. The van der Waals surface area contributed by atoms with Gasteiger partial charge in [0.25, 0.3) is 16.6 Å². The molecule has 5 rings (SSSR count). The molecule has 0 N–H and O–H groups in total. The summed E-state index contributed by atoms with van der Waals surface area (Å²) in [7, 11) is -4.95. The van der Waals surface area contributed by atoms with E-state index in [1.165, 1.54) is 20.7 Å². The molecule has 1 fully saturated rings. The second kappa shape index (κ2) is 8.16. The lowest BCUT2D eigenvalue weighted by Crippen LogP contribution is -2.77. The molecule has 0 bridgehead atoms. The fourth-order valence-electron chi connectivity index (χ4n) is 4.36. The second-order valence-corrected chi connectivity index (χ2v) is 14.5. The van der Waals surface area contributed by atoms with E-state index >= 15 is 0 Å². The minimum Gasteiger partial charge on any atom is -0.406 e. The molecule has 0 spiro atoms. The van der Waals surface area contributed by atoms with Gasteiger partial charge in [-0.2, -0.15) is 0 Å². The minimum absolute atomic E-state index is 0.622. The molecule has 4 heteroatoms. The Bertz CT molecular complexity index is 905. The molecule has 1 saturated heterocycles. The van der Waals surface area contributed by atoms with Crippen molar-refractivity contribution < 1.29 is 8.85 Å². The molecule has 0 amide bonds. The van der Waals surface area contributed by atoms with Crippen molar-refractivity contribution in [2.24, 2.45) is 0 Å². The van der Waals surface area contributed by atoms with Gasteiger partial charge in [0.1, 0.15) is 0 Å². The molecule has 0 saturated carbocycles. The van der Waals surface area contributed by atoms with E-state index < -0.39 is 16.6 Å². The molecule has 2 nitrogen and oxygen atoms in total. The van der Waals surface area contributed by atoms with Gasteiger partial charge in [0, 0.05) is 0 Å². The largest absolute Gasteiger partial charge is 0.406 e. The topological polar surface area (TPSA) is 18.5 Å². The second-order valence-electron chi connectivity index (χ2n) is 7.70. The van der Waals surface area contributed by atoms with Crippen molar-refractivity contribution in [3.05, 3.63) is 121 Å². The van der Waals surface area contributed by atoms with Gasteiger partial charge in [-0.15, -0.1) is 0 Å². The smallest absolute Gasteiger partial charge is 0.279 e. The lowest BCUT2D eigenvalue weighted by atomic mass is 10.4. The summed E-state index contributed by atoms with van der Waals surface area (Å²) in [6.07, 6.45) is 1.24. The van der Waals surface area contributed by atoms with Crippen molar-refractivity contribution in [2.45, 2.75) is 0 Å². The highest BCUT2D eigenvalue weighted by Gasteiger charge is 2.52. The Kier molecular flexibility index (Phi) is 5.23. The van der Waals surface area contributed by atoms with Gasteiger partial charge in [-0.25, -0.2) is 0 Å². The van der Waals surface area contributed by atoms with Crippen LogP contribution in [0.25, 0.3) is 0 Å². The number of hydrogen-bond donors (Lipinski definition) is 0. The third-order valence-corrected chi connectivity index (χ3v) is 14.0. The first-order valence-corrected chi connectivity index (χ1v) is 14.6. The first kappa shape index (κ1) is 19.2. The molecular weight excluding hydrogens is 400 g/mol. The minimum atomic E-state index is -2.48. The van der Waals surface area contributed by atoms with Crippen LogP contribution in [0.3, 0.4) is 0 Å². The Hall–Kier alpha value is -2.77. The summed E-state index contributed by atoms with van der Waals surface area (Å²) < 4.78 is 14.1. The molecule has 4 aromatic carbocycles. The predicted molar refractivity (Wildman–Crippen MR) is 128 cm³/mol. The molecule has 1 heterocycles. The first-order chi connectivity index (χ1) is 14.8. The van der Waals surface area contributed by atoms with Crippen molar-refractivity contribution in [3.63, 3.8) is 0 Å². The Morgan fingerprint density at radius 2 is 0.600 bits per heavy atom. The van der Waals surface area contributed by atoms with Crippen LogP contribution < -0.4 is 20.7 Å². The van der Waals surface area contributed by atoms with Crippen LogP contribution in [0.1, 0.15) is 0 Å². The van der Waals surface area contributed by atoms with Gasteiger partial charge >= 0.3 is 0 Å². The molecule has 4 aromatic rings. The molecule has 0 unspecified atom stereocenters. The van der Waals surface area contributed by atoms with Crippen molar-refractivity contribution >= 4 is 37.4 Å². The molecule has 1 aliphatic heterocycles. The number of rotatable bonds is 4. The van der Waals surface area contributed by atoms with Crippen molar-refractivity contribution in [3.8, 4) is 0 Å². The van der Waals surface area contributed by atoms with E-state index in [2.05, 4.69) is 121 Å². The zero-order valence-corrected chi connectivity index (χ0v) is 18.8. The van der Waals surface area contributed by atoms with Crippen molar-refractivity contribution in [1.29, 1.82) is 0 Å². The van der Waals surface area contributed by atoms with E-state index in [4.69, 9.17) is 8.85 Å². The standard InChI is InChI=1S/C26H24O2Si2/c1-5-13-23(14-6-1)29(24-15-7-2-8-16-24)21-28-30(22-27-29,25-17-9-3-10-18-25)26-19-11-4-12-20-26/h1-20H,21-22H2. The fraction of sp³-hybridized carbons (Fsp3) is 0.0769. The van der Waals surface area contributed by atoms with Gasteiger partial charge < -0.3 is 8.85 Å². The summed E-state index contributed by atoms with van der Waals surface area (Å²) in [5.41, 5.74) is 0. The molecule has 0 aromatic heterocycles. The van der Waals surface area contributed by atoms with E-state index in [1.54, 1.807) is 0 Å². The SMILES string of the molecule is c1ccc([Si]2(c3ccccc3)CO[Si](c3ccccc3)(c3ccccc3)CO2)cc1. The maximum atomic E-state index is 7.04. The summed E-state index contributed by atoms with van der Waals surface area (Å²) in [5.74, 6) is 0. The quantitative estimate of drug-likeness (QED) is 0.469. The van der Waals surface area contributed by atoms with Gasteiger partial charge in [0.2, 0.25) is 0 Å². The molecule has 1 aliphatic rings. The van der Waals surface area contributed by atoms with E-state index in [0.717, 1.165) is 0 Å². The van der Waals surface area contributed by atoms with Crippen molar-refractivity contribution in [1.82, 2.24) is 0 Å². The van der Waals surface area contributed by atoms with Crippen LogP contribution >= 0.6 is 0 Å². The van der Waals surface area contributed by atoms with Crippen LogP contribution in [0, 0.1) is 0 Å². The van der Waals surface area contributed by atoms with Crippen LogP contribution in [0.15, 0.2) is 121 Å². The van der Waals surface area contributed by atoms with E-state index in [1.807, 2.05) is 0 Å². The summed E-state index contributed by atoms with van der Waals surface area (Å²) >= 11 is 0. The normalized spacial score (nSPS) is 17.3. The Morgan fingerprint density at radius 1 is 0.367 bits per heavy atom.